The van der Waals surface area contributed by atoms with Gasteiger partial charge in [0.25, 0.3) is 0 Å². The highest BCUT2D eigenvalue weighted by molar-refractivity contribution is 7.91. The zero-order valence-electron chi connectivity index (χ0n) is 13.7. The van der Waals surface area contributed by atoms with Crippen molar-refractivity contribution in [1.29, 1.82) is 0 Å². The van der Waals surface area contributed by atoms with E-state index in [0.29, 0.717) is 44.8 Å². The Morgan fingerprint density at radius 1 is 1.12 bits per heavy atom. The standard InChI is InChI=1S/C18H16N4O3S/c19-13-9-21-14-5-6-15-12(7-8-26(15,24)25)16(14)17(13)22-11-3-1-10(2-4-11)18(20)23/h1-6,9H,7-8,19H2,(H2,20,23)(H,21,22). The van der Waals surface area contributed by atoms with E-state index in [-0.39, 0.29) is 5.75 Å². The second-order valence-corrected chi connectivity index (χ2v) is 8.24. The molecule has 7 nitrogen and oxygen atoms in total. The summed E-state index contributed by atoms with van der Waals surface area (Å²) in [6, 6.07) is 9.95. The first kappa shape index (κ1) is 16.3. The molecule has 26 heavy (non-hydrogen) atoms. The maximum Gasteiger partial charge on any atom is 0.248 e. The molecule has 1 aromatic heterocycles. The molecular weight excluding hydrogens is 352 g/mol. The van der Waals surface area contributed by atoms with E-state index in [0.717, 1.165) is 5.56 Å². The number of nitrogen functional groups attached to an aromatic ring is 1. The summed E-state index contributed by atoms with van der Waals surface area (Å²) in [5.41, 5.74) is 14.9. The van der Waals surface area contributed by atoms with Gasteiger partial charge in [-0.1, -0.05) is 0 Å². The lowest BCUT2D eigenvalue weighted by Gasteiger charge is -2.15. The average molecular weight is 368 g/mol. The van der Waals surface area contributed by atoms with Gasteiger partial charge in [0.2, 0.25) is 5.91 Å². The number of nitrogens with one attached hydrogen (secondary N) is 1. The van der Waals surface area contributed by atoms with Crippen LogP contribution in [0.4, 0.5) is 17.1 Å². The summed E-state index contributed by atoms with van der Waals surface area (Å²) < 4.78 is 24.5. The number of carbonyl (C=O) groups is 1. The van der Waals surface area contributed by atoms with Crippen molar-refractivity contribution < 1.29 is 13.2 Å². The molecular formula is C18H16N4O3S. The number of amides is 1. The SMILES string of the molecule is NC(=O)c1ccc(Nc2c(N)cnc3ccc4c(c23)CCS4(=O)=O)cc1. The third-order valence-electron chi connectivity index (χ3n) is 4.52. The van der Waals surface area contributed by atoms with Crippen LogP contribution in [-0.4, -0.2) is 25.1 Å². The molecule has 3 aromatic rings. The summed E-state index contributed by atoms with van der Waals surface area (Å²) in [5, 5.41) is 3.94. The number of fused-ring (bicyclic) bond motifs is 3. The highest BCUT2D eigenvalue weighted by Gasteiger charge is 2.29. The van der Waals surface area contributed by atoms with E-state index in [9.17, 15) is 13.2 Å². The summed E-state index contributed by atoms with van der Waals surface area (Å²) in [6.07, 6.45) is 1.97. The van der Waals surface area contributed by atoms with Crippen molar-refractivity contribution in [2.75, 3.05) is 16.8 Å². The van der Waals surface area contributed by atoms with Crippen LogP contribution in [0.5, 0.6) is 0 Å². The number of rotatable bonds is 3. The molecule has 8 heteroatoms. The topological polar surface area (TPSA) is 128 Å². The van der Waals surface area contributed by atoms with Gasteiger partial charge in [0.05, 0.1) is 33.7 Å². The fraction of sp³-hybridized carbons (Fsp3) is 0.111. The highest BCUT2D eigenvalue weighted by Crippen LogP contribution is 2.39. The number of aryl methyl sites for hydroxylation is 1. The molecule has 1 aliphatic rings. The Balaban J connectivity index is 1.88. The maximum absolute atomic E-state index is 12.2. The number of benzene rings is 2. The number of aromatic nitrogens is 1. The molecule has 2 heterocycles. The maximum atomic E-state index is 12.2. The van der Waals surface area contributed by atoms with Crippen LogP contribution < -0.4 is 16.8 Å². The summed E-state index contributed by atoms with van der Waals surface area (Å²) in [4.78, 5) is 15.9. The minimum atomic E-state index is -3.26. The van der Waals surface area contributed by atoms with Gasteiger partial charge in [-0.2, -0.15) is 0 Å². The number of hydrogen-bond acceptors (Lipinski definition) is 6. The van der Waals surface area contributed by atoms with Crippen LogP contribution in [0.25, 0.3) is 10.9 Å². The molecule has 0 atom stereocenters. The molecule has 4 rings (SSSR count). The van der Waals surface area contributed by atoms with Gasteiger partial charge in [0.15, 0.2) is 9.84 Å². The molecule has 132 valence electrons. The van der Waals surface area contributed by atoms with Crippen LogP contribution in [-0.2, 0) is 16.3 Å². The van der Waals surface area contributed by atoms with Crippen LogP contribution in [0.1, 0.15) is 15.9 Å². The van der Waals surface area contributed by atoms with E-state index in [1.165, 1.54) is 6.20 Å². The minimum Gasteiger partial charge on any atom is -0.396 e. The fourth-order valence-corrected chi connectivity index (χ4v) is 4.78. The van der Waals surface area contributed by atoms with Gasteiger partial charge in [-0.3, -0.25) is 9.78 Å². The van der Waals surface area contributed by atoms with Gasteiger partial charge < -0.3 is 16.8 Å². The van der Waals surface area contributed by atoms with E-state index in [1.54, 1.807) is 36.4 Å². The lowest BCUT2D eigenvalue weighted by molar-refractivity contribution is 0.100. The third kappa shape index (κ3) is 2.55. The molecule has 0 bridgehead atoms. The lowest BCUT2D eigenvalue weighted by Crippen LogP contribution is -2.10. The van der Waals surface area contributed by atoms with E-state index >= 15 is 0 Å². The number of anilines is 3. The molecule has 0 aliphatic carbocycles. The smallest absolute Gasteiger partial charge is 0.248 e. The normalized spacial score (nSPS) is 14.9. The summed E-state index contributed by atoms with van der Waals surface area (Å²) >= 11 is 0. The van der Waals surface area contributed by atoms with E-state index in [4.69, 9.17) is 11.5 Å². The average Bonchev–Trinajstić information content (AvgIpc) is 2.93. The number of nitrogens with two attached hydrogens (primary N) is 2. The molecule has 0 saturated carbocycles. The number of carbonyl (C=O) groups excluding carboxylic acids is 1. The Morgan fingerprint density at radius 2 is 1.85 bits per heavy atom. The van der Waals surface area contributed by atoms with Crippen LogP contribution in [0.2, 0.25) is 0 Å². The predicted octanol–water partition coefficient (Wildman–Crippen LogP) is 1.99. The van der Waals surface area contributed by atoms with Crippen molar-refractivity contribution in [3.05, 3.63) is 53.7 Å². The molecule has 0 unspecified atom stereocenters. The van der Waals surface area contributed by atoms with Crippen LogP contribution in [0, 0.1) is 0 Å². The molecule has 0 saturated heterocycles. The van der Waals surface area contributed by atoms with E-state index < -0.39 is 15.7 Å². The Bertz CT molecular complexity index is 1160. The van der Waals surface area contributed by atoms with Crippen molar-refractivity contribution in [3.63, 3.8) is 0 Å². The Labute approximate surface area is 149 Å². The first-order valence-electron chi connectivity index (χ1n) is 7.96. The predicted molar refractivity (Wildman–Crippen MR) is 100 cm³/mol. The van der Waals surface area contributed by atoms with Crippen LogP contribution in [0.15, 0.2) is 47.5 Å². The number of hydrogen-bond donors (Lipinski definition) is 3. The number of pyridine rings is 1. The van der Waals surface area contributed by atoms with Crippen LogP contribution in [0.3, 0.4) is 0 Å². The molecule has 0 fully saturated rings. The first-order chi connectivity index (χ1) is 12.4. The lowest BCUT2D eigenvalue weighted by atomic mass is 10.0. The molecule has 5 N–H and O–H groups in total. The van der Waals surface area contributed by atoms with Crippen molar-refractivity contribution in [2.24, 2.45) is 5.73 Å². The van der Waals surface area contributed by atoms with Gasteiger partial charge in [-0.05, 0) is 48.4 Å². The van der Waals surface area contributed by atoms with Crippen molar-refractivity contribution in [3.8, 4) is 0 Å². The van der Waals surface area contributed by atoms with Crippen molar-refractivity contribution in [2.45, 2.75) is 11.3 Å². The molecule has 1 amide bonds. The number of nitrogens with zero attached hydrogens (tertiary/aromatic N) is 1. The van der Waals surface area contributed by atoms with Crippen LogP contribution >= 0.6 is 0 Å². The van der Waals surface area contributed by atoms with Gasteiger partial charge in [-0.15, -0.1) is 0 Å². The Kier molecular flexibility index (Phi) is 3.58. The molecule has 2 aromatic carbocycles. The Morgan fingerprint density at radius 3 is 2.54 bits per heavy atom. The highest BCUT2D eigenvalue weighted by atomic mass is 32.2. The summed E-state index contributed by atoms with van der Waals surface area (Å²) in [6.45, 7) is 0. The van der Waals surface area contributed by atoms with Crippen molar-refractivity contribution in [1.82, 2.24) is 4.98 Å². The van der Waals surface area contributed by atoms with Gasteiger partial charge in [-0.25, -0.2) is 8.42 Å². The summed E-state index contributed by atoms with van der Waals surface area (Å²) in [5.74, 6) is -0.420. The number of primary amides is 1. The second-order valence-electron chi connectivity index (χ2n) is 6.16. The third-order valence-corrected chi connectivity index (χ3v) is 6.32. The summed E-state index contributed by atoms with van der Waals surface area (Å²) in [7, 11) is -3.26. The van der Waals surface area contributed by atoms with Gasteiger partial charge in [0.1, 0.15) is 0 Å². The largest absolute Gasteiger partial charge is 0.396 e. The first-order valence-corrected chi connectivity index (χ1v) is 9.62. The Hall–Kier alpha value is -3.13. The zero-order chi connectivity index (χ0) is 18.5. The minimum absolute atomic E-state index is 0.0863. The van der Waals surface area contributed by atoms with Gasteiger partial charge >= 0.3 is 0 Å². The monoisotopic (exact) mass is 368 g/mol. The molecule has 0 spiro atoms. The quantitative estimate of drug-likeness (QED) is 0.648. The van der Waals surface area contributed by atoms with E-state index in [1.807, 2.05) is 0 Å². The molecule has 0 radical (unpaired) electrons. The molecule has 1 aliphatic heterocycles. The van der Waals surface area contributed by atoms with E-state index in [2.05, 4.69) is 10.3 Å². The van der Waals surface area contributed by atoms with Gasteiger partial charge in [0, 0.05) is 16.6 Å². The fourth-order valence-electron chi connectivity index (χ4n) is 3.23. The van der Waals surface area contributed by atoms with Crippen molar-refractivity contribution >= 4 is 43.7 Å². The zero-order valence-corrected chi connectivity index (χ0v) is 14.5. The second kappa shape index (κ2) is 5.70. The number of sulfone groups is 1.